The van der Waals surface area contributed by atoms with E-state index in [2.05, 4.69) is 26.2 Å². The van der Waals surface area contributed by atoms with Gasteiger partial charge < -0.3 is 10.4 Å². The van der Waals surface area contributed by atoms with Crippen LogP contribution >= 0.6 is 15.9 Å². The Kier molecular flexibility index (Phi) is 4.87. The van der Waals surface area contributed by atoms with Crippen molar-refractivity contribution >= 4 is 21.8 Å². The molecule has 1 amide bonds. The molecule has 2 atom stereocenters. The first-order chi connectivity index (χ1) is 9.08. The van der Waals surface area contributed by atoms with Crippen molar-refractivity contribution in [3.8, 4) is 0 Å². The Bertz CT molecular complexity index is 470. The van der Waals surface area contributed by atoms with Gasteiger partial charge in [0, 0.05) is 12.5 Å². The lowest BCUT2D eigenvalue weighted by atomic mass is 9.86. The summed E-state index contributed by atoms with van der Waals surface area (Å²) < 4.78 is 13.9. The van der Waals surface area contributed by atoms with E-state index in [4.69, 9.17) is 0 Å². The summed E-state index contributed by atoms with van der Waals surface area (Å²) in [5.41, 5.74) is -0.0350. The predicted molar refractivity (Wildman–Crippen MR) is 72.2 cm³/mol. The lowest BCUT2D eigenvalue weighted by Gasteiger charge is -2.27. The molecule has 2 N–H and O–H groups in total. The number of aromatic nitrogens is 1. The van der Waals surface area contributed by atoms with Crippen molar-refractivity contribution in [1.82, 2.24) is 10.3 Å². The van der Waals surface area contributed by atoms with Crippen LogP contribution in [0.3, 0.4) is 0 Å². The summed E-state index contributed by atoms with van der Waals surface area (Å²) in [6, 6.07) is 1.35. The molecule has 1 aromatic heterocycles. The standard InChI is InChI=1S/C13H16BrFN2O2/c14-12-5-9(10(15)7-16-12)13(19)17-6-8-3-1-2-4-11(8)18/h5,7-8,11,18H,1-4,6H2,(H,17,19). The summed E-state index contributed by atoms with van der Waals surface area (Å²) in [5.74, 6) is -1.06. The molecule has 1 aliphatic rings. The second kappa shape index (κ2) is 6.43. The van der Waals surface area contributed by atoms with Crippen LogP contribution in [0.2, 0.25) is 0 Å². The van der Waals surface area contributed by atoms with E-state index in [1.807, 2.05) is 0 Å². The van der Waals surface area contributed by atoms with Crippen LogP contribution in [0, 0.1) is 11.7 Å². The molecule has 0 saturated heterocycles. The smallest absolute Gasteiger partial charge is 0.254 e. The number of hydrogen-bond acceptors (Lipinski definition) is 3. The minimum atomic E-state index is -0.648. The predicted octanol–water partition coefficient (Wildman–Crippen LogP) is 2.26. The van der Waals surface area contributed by atoms with Crippen LogP contribution in [0.4, 0.5) is 4.39 Å². The molecule has 0 radical (unpaired) electrons. The second-order valence-corrected chi connectivity index (χ2v) is 5.62. The largest absolute Gasteiger partial charge is 0.393 e. The zero-order valence-electron chi connectivity index (χ0n) is 10.4. The van der Waals surface area contributed by atoms with Gasteiger partial charge in [0.1, 0.15) is 4.60 Å². The van der Waals surface area contributed by atoms with Crippen molar-refractivity contribution in [3.63, 3.8) is 0 Å². The summed E-state index contributed by atoms with van der Waals surface area (Å²) in [5, 5.41) is 12.5. The van der Waals surface area contributed by atoms with Gasteiger partial charge in [-0.05, 0) is 34.8 Å². The number of nitrogens with one attached hydrogen (secondary N) is 1. The van der Waals surface area contributed by atoms with E-state index in [1.54, 1.807) is 0 Å². The minimum Gasteiger partial charge on any atom is -0.393 e. The molecule has 19 heavy (non-hydrogen) atoms. The summed E-state index contributed by atoms with van der Waals surface area (Å²) in [6.07, 6.45) is 4.39. The Morgan fingerprint density at radius 3 is 3.00 bits per heavy atom. The average molecular weight is 331 g/mol. The van der Waals surface area contributed by atoms with Crippen LogP contribution in [0.5, 0.6) is 0 Å². The van der Waals surface area contributed by atoms with Crippen molar-refractivity contribution in [2.75, 3.05) is 6.54 Å². The highest BCUT2D eigenvalue weighted by molar-refractivity contribution is 9.10. The van der Waals surface area contributed by atoms with Crippen LogP contribution in [-0.4, -0.2) is 28.6 Å². The van der Waals surface area contributed by atoms with Crippen LogP contribution in [0.25, 0.3) is 0 Å². The van der Waals surface area contributed by atoms with Gasteiger partial charge >= 0.3 is 0 Å². The lowest BCUT2D eigenvalue weighted by molar-refractivity contribution is 0.0662. The molecule has 104 valence electrons. The molecular weight excluding hydrogens is 315 g/mol. The van der Waals surface area contributed by atoms with Crippen molar-refractivity contribution < 1.29 is 14.3 Å². The first kappa shape index (κ1) is 14.4. The van der Waals surface area contributed by atoms with E-state index in [-0.39, 0.29) is 17.6 Å². The molecule has 6 heteroatoms. The number of carbonyl (C=O) groups excluding carboxylic acids is 1. The molecule has 4 nitrogen and oxygen atoms in total. The quantitative estimate of drug-likeness (QED) is 0.835. The topological polar surface area (TPSA) is 62.2 Å². The Balaban J connectivity index is 1.95. The van der Waals surface area contributed by atoms with Crippen LogP contribution in [0.15, 0.2) is 16.9 Å². The fourth-order valence-corrected chi connectivity index (χ4v) is 2.66. The summed E-state index contributed by atoms with van der Waals surface area (Å²) in [7, 11) is 0. The van der Waals surface area contributed by atoms with Gasteiger partial charge in [-0.3, -0.25) is 4.79 Å². The maximum absolute atomic E-state index is 13.5. The van der Waals surface area contributed by atoms with E-state index in [0.29, 0.717) is 11.1 Å². The monoisotopic (exact) mass is 330 g/mol. The maximum Gasteiger partial charge on any atom is 0.254 e. The molecule has 1 heterocycles. The third kappa shape index (κ3) is 3.73. The lowest BCUT2D eigenvalue weighted by Crippen LogP contribution is -2.37. The number of aliphatic hydroxyl groups is 1. The fourth-order valence-electron chi connectivity index (χ4n) is 2.33. The van der Waals surface area contributed by atoms with Crippen LogP contribution in [-0.2, 0) is 0 Å². The molecule has 0 aliphatic heterocycles. The highest BCUT2D eigenvalue weighted by Crippen LogP contribution is 2.23. The highest BCUT2D eigenvalue weighted by Gasteiger charge is 2.24. The number of carbonyl (C=O) groups is 1. The summed E-state index contributed by atoms with van der Waals surface area (Å²) >= 11 is 3.10. The van der Waals surface area contributed by atoms with Crippen molar-refractivity contribution in [2.24, 2.45) is 5.92 Å². The SMILES string of the molecule is O=C(NCC1CCCCC1O)c1cc(Br)ncc1F. The zero-order chi connectivity index (χ0) is 13.8. The highest BCUT2D eigenvalue weighted by atomic mass is 79.9. The van der Waals surface area contributed by atoms with E-state index in [1.165, 1.54) is 6.07 Å². The van der Waals surface area contributed by atoms with Crippen LogP contribution < -0.4 is 5.32 Å². The Hall–Kier alpha value is -1.01. The Morgan fingerprint density at radius 1 is 1.53 bits per heavy atom. The number of amides is 1. The molecule has 2 rings (SSSR count). The van der Waals surface area contributed by atoms with Gasteiger partial charge in [0.05, 0.1) is 17.9 Å². The fraction of sp³-hybridized carbons (Fsp3) is 0.538. The van der Waals surface area contributed by atoms with E-state index < -0.39 is 11.7 Å². The summed E-state index contributed by atoms with van der Waals surface area (Å²) in [4.78, 5) is 15.6. The minimum absolute atomic E-state index is 0.0350. The molecule has 1 fully saturated rings. The summed E-state index contributed by atoms with van der Waals surface area (Å²) in [6.45, 7) is 0.374. The van der Waals surface area contributed by atoms with Gasteiger partial charge in [0.15, 0.2) is 5.82 Å². The number of hydrogen-bond donors (Lipinski definition) is 2. The maximum atomic E-state index is 13.5. The molecular formula is C13H16BrFN2O2. The Labute approximate surface area is 119 Å². The number of nitrogens with zero attached hydrogens (tertiary/aromatic N) is 1. The van der Waals surface area contributed by atoms with Gasteiger partial charge in [0.25, 0.3) is 5.91 Å². The number of pyridine rings is 1. The first-order valence-corrected chi connectivity index (χ1v) is 7.14. The zero-order valence-corrected chi connectivity index (χ0v) is 12.0. The van der Waals surface area contributed by atoms with Crippen molar-refractivity contribution in [1.29, 1.82) is 0 Å². The molecule has 0 bridgehead atoms. The van der Waals surface area contributed by atoms with E-state index in [0.717, 1.165) is 31.9 Å². The molecule has 0 aromatic carbocycles. The van der Waals surface area contributed by atoms with Crippen molar-refractivity contribution in [2.45, 2.75) is 31.8 Å². The molecule has 1 aromatic rings. The van der Waals surface area contributed by atoms with Crippen LogP contribution in [0.1, 0.15) is 36.0 Å². The van der Waals surface area contributed by atoms with E-state index >= 15 is 0 Å². The normalized spacial score (nSPS) is 23.1. The molecule has 1 saturated carbocycles. The molecule has 2 unspecified atom stereocenters. The molecule has 0 spiro atoms. The van der Waals surface area contributed by atoms with Gasteiger partial charge in [0.2, 0.25) is 0 Å². The van der Waals surface area contributed by atoms with Crippen molar-refractivity contribution in [3.05, 3.63) is 28.2 Å². The third-order valence-electron chi connectivity index (χ3n) is 3.46. The average Bonchev–Trinajstić information content (AvgIpc) is 2.40. The number of aliphatic hydroxyl groups excluding tert-OH is 1. The van der Waals surface area contributed by atoms with Gasteiger partial charge in [-0.1, -0.05) is 12.8 Å². The third-order valence-corrected chi connectivity index (χ3v) is 3.89. The first-order valence-electron chi connectivity index (χ1n) is 6.35. The van der Waals surface area contributed by atoms with Gasteiger partial charge in [-0.25, -0.2) is 9.37 Å². The number of halogens is 2. The Morgan fingerprint density at radius 2 is 2.26 bits per heavy atom. The van der Waals surface area contributed by atoms with Gasteiger partial charge in [-0.15, -0.1) is 0 Å². The van der Waals surface area contributed by atoms with Gasteiger partial charge in [-0.2, -0.15) is 0 Å². The van der Waals surface area contributed by atoms with E-state index in [9.17, 15) is 14.3 Å². The molecule has 1 aliphatic carbocycles. The second-order valence-electron chi connectivity index (χ2n) is 4.81. The number of rotatable bonds is 3.